The number of ether oxygens (including phenoxy) is 1. The summed E-state index contributed by atoms with van der Waals surface area (Å²) in [5, 5.41) is 11.8. The molecule has 30 heavy (non-hydrogen) atoms. The van der Waals surface area contributed by atoms with Crippen molar-refractivity contribution >= 4 is 22.8 Å². The van der Waals surface area contributed by atoms with Gasteiger partial charge in [0.25, 0.3) is 0 Å². The molecular formula is C21H30N6O3. The number of rotatable bonds is 6. The number of aromatic nitrogens is 3. The van der Waals surface area contributed by atoms with E-state index in [4.69, 9.17) is 4.74 Å². The van der Waals surface area contributed by atoms with Gasteiger partial charge in [0.05, 0.1) is 18.7 Å². The Bertz CT molecular complexity index is 880. The predicted octanol–water partition coefficient (Wildman–Crippen LogP) is 0.361. The molecule has 9 nitrogen and oxygen atoms in total. The van der Waals surface area contributed by atoms with E-state index in [0.717, 1.165) is 37.0 Å². The van der Waals surface area contributed by atoms with Gasteiger partial charge in [0.2, 0.25) is 11.8 Å². The Balaban J connectivity index is 1.36. The van der Waals surface area contributed by atoms with Crippen LogP contribution in [0.4, 0.5) is 0 Å². The molecule has 1 aliphatic heterocycles. The van der Waals surface area contributed by atoms with Crippen molar-refractivity contribution in [1.82, 2.24) is 30.1 Å². The second kappa shape index (κ2) is 8.69. The smallest absolute Gasteiger partial charge is 0.243 e. The topological polar surface area (TPSA) is 92.6 Å². The number of hydrogen-bond acceptors (Lipinski definition) is 6. The molecule has 0 spiro atoms. The number of fused-ring (bicyclic) bond motifs is 2. The molecule has 2 aliphatic rings. The third-order valence-corrected chi connectivity index (χ3v) is 6.18. The Morgan fingerprint density at radius 3 is 2.37 bits per heavy atom. The molecule has 2 heterocycles. The Kier molecular flexibility index (Phi) is 6.01. The highest BCUT2D eigenvalue weighted by atomic mass is 16.5. The van der Waals surface area contributed by atoms with E-state index in [0.29, 0.717) is 18.4 Å². The van der Waals surface area contributed by atoms with Crippen LogP contribution in [0.1, 0.15) is 12.8 Å². The quantitative estimate of drug-likeness (QED) is 0.734. The molecule has 1 saturated heterocycles. The van der Waals surface area contributed by atoms with Gasteiger partial charge in [0, 0.05) is 20.2 Å². The molecule has 4 atom stereocenters. The van der Waals surface area contributed by atoms with E-state index in [1.807, 2.05) is 48.2 Å². The number of likely N-dealkylation sites (tertiary alicyclic amines) is 1. The predicted molar refractivity (Wildman–Crippen MR) is 112 cm³/mol. The van der Waals surface area contributed by atoms with Gasteiger partial charge in [0.1, 0.15) is 17.6 Å². The fourth-order valence-corrected chi connectivity index (χ4v) is 4.76. The van der Waals surface area contributed by atoms with Crippen LogP contribution in [0.25, 0.3) is 11.0 Å². The lowest BCUT2D eigenvalue weighted by molar-refractivity contribution is -0.131. The molecule has 1 aromatic heterocycles. The zero-order valence-electron chi connectivity index (χ0n) is 17.8. The van der Waals surface area contributed by atoms with Crippen LogP contribution in [0, 0.1) is 11.8 Å². The first-order valence-corrected chi connectivity index (χ1v) is 10.5. The summed E-state index contributed by atoms with van der Waals surface area (Å²) in [5.41, 5.74) is 1.54. The molecule has 2 amide bonds. The maximum Gasteiger partial charge on any atom is 0.243 e. The molecule has 1 saturated carbocycles. The molecule has 162 valence electrons. The highest BCUT2D eigenvalue weighted by molar-refractivity contribution is 5.79. The number of amides is 2. The van der Waals surface area contributed by atoms with E-state index in [9.17, 15) is 9.59 Å². The second-order valence-corrected chi connectivity index (χ2v) is 8.70. The number of carbonyl (C=O) groups excluding carboxylic acids is 2. The third-order valence-electron chi connectivity index (χ3n) is 6.18. The van der Waals surface area contributed by atoms with Crippen molar-refractivity contribution in [2.24, 2.45) is 11.8 Å². The minimum absolute atomic E-state index is 0.0521. The molecule has 1 aliphatic carbocycles. The van der Waals surface area contributed by atoms with Gasteiger partial charge in [0.15, 0.2) is 0 Å². The van der Waals surface area contributed by atoms with Crippen LogP contribution in [0.3, 0.4) is 0 Å². The minimum atomic E-state index is -0.126. The summed E-state index contributed by atoms with van der Waals surface area (Å²) < 4.78 is 5.71. The van der Waals surface area contributed by atoms with Crippen molar-refractivity contribution in [3.8, 4) is 0 Å². The monoisotopic (exact) mass is 414 g/mol. The van der Waals surface area contributed by atoms with Crippen LogP contribution in [0.15, 0.2) is 24.3 Å². The maximum absolute atomic E-state index is 12.7. The summed E-state index contributed by atoms with van der Waals surface area (Å²) in [4.78, 5) is 30.4. The van der Waals surface area contributed by atoms with Crippen molar-refractivity contribution in [1.29, 1.82) is 0 Å². The van der Waals surface area contributed by atoms with Gasteiger partial charge in [-0.2, -0.15) is 15.0 Å². The molecule has 9 heteroatoms. The summed E-state index contributed by atoms with van der Waals surface area (Å²) in [6, 6.07) is 7.48. The fourth-order valence-electron chi connectivity index (χ4n) is 4.76. The van der Waals surface area contributed by atoms with Crippen LogP contribution < -0.4 is 5.32 Å². The molecule has 2 fully saturated rings. The second-order valence-electron chi connectivity index (χ2n) is 8.70. The standard InChI is InChI=1S/C21H30N6O3/c1-25(2)13-21(29)26-10-14-8-18(19(30-3)9-15(14)11-26)22-20(28)12-27-23-16-6-4-5-7-17(16)24-27/h4-7,14-15,18-19H,8-13H2,1-3H3,(H,22,28)/t14-,15+,18-,19-/m0/s1. The number of methoxy groups -OCH3 is 1. The minimum Gasteiger partial charge on any atom is -0.379 e. The highest BCUT2D eigenvalue weighted by Crippen LogP contribution is 2.37. The van der Waals surface area contributed by atoms with Crippen molar-refractivity contribution in [2.75, 3.05) is 40.8 Å². The molecule has 0 unspecified atom stereocenters. The maximum atomic E-state index is 12.7. The van der Waals surface area contributed by atoms with Gasteiger partial charge in [-0.15, -0.1) is 0 Å². The zero-order valence-corrected chi connectivity index (χ0v) is 17.8. The number of nitrogens with one attached hydrogen (secondary N) is 1. The van der Waals surface area contributed by atoms with Crippen LogP contribution in [0.5, 0.6) is 0 Å². The van der Waals surface area contributed by atoms with E-state index in [1.54, 1.807) is 7.11 Å². The van der Waals surface area contributed by atoms with Crippen LogP contribution >= 0.6 is 0 Å². The fraction of sp³-hybridized carbons (Fsp3) is 0.619. The van der Waals surface area contributed by atoms with Crippen LogP contribution in [0.2, 0.25) is 0 Å². The van der Waals surface area contributed by atoms with Crippen molar-refractivity contribution in [2.45, 2.75) is 31.5 Å². The van der Waals surface area contributed by atoms with Crippen molar-refractivity contribution < 1.29 is 14.3 Å². The number of nitrogens with zero attached hydrogens (tertiary/aromatic N) is 5. The number of likely N-dealkylation sites (N-methyl/N-ethyl adjacent to an activating group) is 1. The molecule has 1 N–H and O–H groups in total. The molecule has 1 aromatic carbocycles. The first-order chi connectivity index (χ1) is 14.4. The Morgan fingerprint density at radius 2 is 1.77 bits per heavy atom. The third kappa shape index (κ3) is 4.46. The molecular weight excluding hydrogens is 384 g/mol. The summed E-state index contributed by atoms with van der Waals surface area (Å²) in [6.07, 6.45) is 1.61. The SMILES string of the molecule is CO[C@H]1C[C@@H]2CN(C(=O)CN(C)C)C[C@@H]2C[C@@H]1NC(=O)Cn1nc2ccccc2n1. The zero-order chi connectivity index (χ0) is 21.3. The van der Waals surface area contributed by atoms with Crippen molar-refractivity contribution in [3.63, 3.8) is 0 Å². The number of carbonyl (C=O) groups is 2. The van der Waals surface area contributed by atoms with E-state index < -0.39 is 0 Å². The Hall–Kier alpha value is -2.52. The van der Waals surface area contributed by atoms with Gasteiger partial charge in [-0.05, 0) is 50.9 Å². The molecule has 4 rings (SSSR count). The average Bonchev–Trinajstić information content (AvgIpc) is 3.29. The summed E-state index contributed by atoms with van der Waals surface area (Å²) in [6.45, 7) is 2.04. The van der Waals surface area contributed by atoms with Gasteiger partial charge in [-0.1, -0.05) is 12.1 Å². The summed E-state index contributed by atoms with van der Waals surface area (Å²) in [7, 11) is 5.51. The van der Waals surface area contributed by atoms with Gasteiger partial charge in [-0.3, -0.25) is 9.59 Å². The molecule has 0 bridgehead atoms. The lowest BCUT2D eigenvalue weighted by Gasteiger charge is -2.37. The lowest BCUT2D eigenvalue weighted by atomic mass is 9.77. The van der Waals surface area contributed by atoms with Gasteiger partial charge in [-0.25, -0.2) is 0 Å². The Labute approximate surface area is 176 Å². The van der Waals surface area contributed by atoms with E-state index >= 15 is 0 Å². The van der Waals surface area contributed by atoms with E-state index in [1.165, 1.54) is 4.80 Å². The first kappa shape index (κ1) is 20.7. The lowest BCUT2D eigenvalue weighted by Crippen LogP contribution is -2.50. The largest absolute Gasteiger partial charge is 0.379 e. The summed E-state index contributed by atoms with van der Waals surface area (Å²) in [5.74, 6) is 0.852. The van der Waals surface area contributed by atoms with E-state index in [-0.39, 0.29) is 30.5 Å². The number of benzene rings is 1. The van der Waals surface area contributed by atoms with Gasteiger partial charge >= 0.3 is 0 Å². The first-order valence-electron chi connectivity index (χ1n) is 10.5. The normalized spacial score (nSPS) is 26.2. The highest BCUT2D eigenvalue weighted by Gasteiger charge is 2.44. The average molecular weight is 415 g/mol. The van der Waals surface area contributed by atoms with E-state index in [2.05, 4.69) is 15.5 Å². The van der Waals surface area contributed by atoms with Crippen LogP contribution in [-0.2, 0) is 20.9 Å². The van der Waals surface area contributed by atoms with Crippen LogP contribution in [-0.4, -0.2) is 89.6 Å². The summed E-state index contributed by atoms with van der Waals surface area (Å²) >= 11 is 0. The molecule has 0 radical (unpaired) electrons. The van der Waals surface area contributed by atoms with Crippen molar-refractivity contribution in [3.05, 3.63) is 24.3 Å². The molecule has 2 aromatic rings. The Morgan fingerprint density at radius 1 is 1.13 bits per heavy atom. The van der Waals surface area contributed by atoms with Gasteiger partial charge < -0.3 is 19.9 Å². The number of hydrogen-bond donors (Lipinski definition) is 1.